The molecule has 0 aromatic heterocycles. The van der Waals surface area contributed by atoms with Crippen LogP contribution in [-0.2, 0) is 9.59 Å². The molecule has 0 atom stereocenters. The molecule has 0 bridgehead atoms. The maximum atomic E-state index is 10.8. The molecule has 3 radical (unpaired) electrons. The molecule has 0 aromatic rings. The monoisotopic (exact) mass is 256 g/mol. The Bertz CT molecular complexity index is 201. The standard InChI is InChI=1S/C4H2B3INO2/c8-6-5-7-9-3(10)1-2-4(9)11/h1-2H. The molecule has 7 heteroatoms. The first-order valence-corrected chi connectivity index (χ1v) is 4.15. The number of halogens is 1. The van der Waals surface area contributed by atoms with Crippen molar-refractivity contribution in [2.24, 2.45) is 0 Å². The van der Waals surface area contributed by atoms with Crippen LogP contribution in [0.2, 0.25) is 0 Å². The van der Waals surface area contributed by atoms with Crippen LogP contribution in [0.4, 0.5) is 0 Å². The van der Waals surface area contributed by atoms with Crippen molar-refractivity contribution in [1.29, 1.82) is 0 Å². The molecule has 0 fully saturated rings. The van der Waals surface area contributed by atoms with Gasteiger partial charge in [-0.05, 0) is 0 Å². The van der Waals surface area contributed by atoms with Crippen molar-refractivity contribution in [1.82, 2.24) is 4.81 Å². The summed E-state index contributed by atoms with van der Waals surface area (Å²) in [5.74, 6) is -0.575. The van der Waals surface area contributed by atoms with E-state index in [0.717, 1.165) is 4.81 Å². The summed E-state index contributed by atoms with van der Waals surface area (Å²) in [4.78, 5) is 22.7. The average Bonchev–Trinajstić information content (AvgIpc) is 2.29. The molecule has 1 heterocycles. The second-order valence-corrected chi connectivity index (χ2v) is 2.57. The Balaban J connectivity index is 2.46. The van der Waals surface area contributed by atoms with Gasteiger partial charge in [-0.15, -0.1) is 0 Å². The summed E-state index contributed by atoms with van der Waals surface area (Å²) in [6.07, 6.45) is 2.50. The average molecular weight is 255 g/mol. The highest BCUT2D eigenvalue weighted by Crippen LogP contribution is 1.99. The second kappa shape index (κ2) is 3.99. The van der Waals surface area contributed by atoms with Gasteiger partial charge in [-0.2, -0.15) is 22.4 Å². The summed E-state index contributed by atoms with van der Waals surface area (Å²) in [6, 6.07) is 0. The molecule has 0 spiro atoms. The van der Waals surface area contributed by atoms with E-state index in [9.17, 15) is 9.59 Å². The van der Waals surface area contributed by atoms with Gasteiger partial charge in [0.25, 0.3) is 0 Å². The van der Waals surface area contributed by atoms with Crippen LogP contribution >= 0.6 is 22.4 Å². The summed E-state index contributed by atoms with van der Waals surface area (Å²) in [5.41, 5.74) is 0. The van der Waals surface area contributed by atoms with Crippen molar-refractivity contribution < 1.29 is 9.59 Å². The zero-order valence-electron chi connectivity index (χ0n) is 5.53. The van der Waals surface area contributed by atoms with Crippen LogP contribution in [-0.4, -0.2) is 36.0 Å². The van der Waals surface area contributed by atoms with Crippen LogP contribution in [0.3, 0.4) is 0 Å². The van der Waals surface area contributed by atoms with Crippen molar-refractivity contribution in [2.45, 2.75) is 0 Å². The molecule has 1 aliphatic rings. The fourth-order valence-electron chi connectivity index (χ4n) is 0.677. The molecule has 0 saturated carbocycles. The van der Waals surface area contributed by atoms with Gasteiger partial charge in [0.05, 0.1) is 7.06 Å². The van der Waals surface area contributed by atoms with E-state index >= 15 is 0 Å². The zero-order valence-corrected chi connectivity index (χ0v) is 7.69. The van der Waals surface area contributed by atoms with Crippen molar-refractivity contribution in [3.05, 3.63) is 12.2 Å². The van der Waals surface area contributed by atoms with Gasteiger partial charge in [-0.1, -0.05) is 0 Å². The van der Waals surface area contributed by atoms with Gasteiger partial charge in [-0.3, -0.25) is 9.59 Å². The van der Waals surface area contributed by atoms with Crippen molar-refractivity contribution in [3.63, 3.8) is 0 Å². The molecule has 0 saturated heterocycles. The van der Waals surface area contributed by atoms with Crippen LogP contribution < -0.4 is 0 Å². The highest BCUT2D eigenvalue weighted by molar-refractivity contribution is 14.1. The summed E-state index contributed by atoms with van der Waals surface area (Å²) in [5, 5.41) is 1.72. The quantitative estimate of drug-likeness (QED) is 0.373. The Morgan fingerprint density at radius 2 is 1.82 bits per heavy atom. The van der Waals surface area contributed by atoms with E-state index in [1.165, 1.54) is 19.5 Å². The molecular weight excluding hydrogens is 253 g/mol. The summed E-state index contributed by atoms with van der Waals surface area (Å²) in [7, 11) is 3.07. The van der Waals surface area contributed by atoms with E-state index in [0.29, 0.717) is 0 Å². The van der Waals surface area contributed by atoms with E-state index in [-0.39, 0.29) is 11.8 Å². The Labute approximate surface area is 80.2 Å². The Kier molecular flexibility index (Phi) is 3.23. The van der Waals surface area contributed by atoms with Crippen LogP contribution in [0, 0.1) is 0 Å². The minimum absolute atomic E-state index is 0.287. The Morgan fingerprint density at radius 3 is 2.27 bits per heavy atom. The molecule has 1 aliphatic heterocycles. The predicted molar refractivity (Wildman–Crippen MR) is 52.3 cm³/mol. The van der Waals surface area contributed by atoms with Crippen molar-refractivity contribution in [3.8, 4) is 0 Å². The minimum Gasteiger partial charge on any atom is -0.337 e. The first-order chi connectivity index (χ1) is 5.25. The van der Waals surface area contributed by atoms with Crippen LogP contribution in [0.5, 0.6) is 0 Å². The maximum Gasteiger partial charge on any atom is 0.240 e. The SMILES string of the molecule is O=C1C=CC(=O)N1[B][B][B]I. The molecule has 0 aromatic carbocycles. The van der Waals surface area contributed by atoms with Crippen molar-refractivity contribution >= 4 is 53.6 Å². The molecule has 51 valence electrons. The Morgan fingerprint density at radius 1 is 1.27 bits per heavy atom. The Hall–Kier alpha value is -0.195. The number of carbonyl (C=O) groups is 2. The number of carbonyl (C=O) groups excluding carboxylic acids is 2. The number of hydrogen-bond acceptors (Lipinski definition) is 2. The van der Waals surface area contributed by atoms with Crippen LogP contribution in [0.15, 0.2) is 12.2 Å². The maximum absolute atomic E-state index is 10.8. The van der Waals surface area contributed by atoms with Crippen molar-refractivity contribution in [2.75, 3.05) is 0 Å². The summed E-state index contributed by atoms with van der Waals surface area (Å²) in [6.45, 7) is 0. The van der Waals surface area contributed by atoms with E-state index in [1.54, 1.807) is 12.1 Å². The molecular formula is C4H2B3INO2. The largest absolute Gasteiger partial charge is 0.337 e. The third-order valence-electron chi connectivity index (χ3n) is 1.15. The highest BCUT2D eigenvalue weighted by atomic mass is 127. The molecule has 1 rings (SSSR count). The first kappa shape index (κ1) is 8.90. The van der Waals surface area contributed by atoms with E-state index < -0.39 is 0 Å². The second-order valence-electron chi connectivity index (χ2n) is 1.85. The van der Waals surface area contributed by atoms with E-state index in [1.807, 2.05) is 22.4 Å². The van der Waals surface area contributed by atoms with Gasteiger partial charge in [0.1, 0.15) is 5.03 Å². The summed E-state index contributed by atoms with van der Waals surface area (Å²) >= 11 is 2.01. The number of hydrogen-bond donors (Lipinski definition) is 0. The van der Waals surface area contributed by atoms with Gasteiger partial charge in [0.15, 0.2) is 0 Å². The fourth-order valence-corrected chi connectivity index (χ4v) is 0.863. The molecule has 0 N–H and O–H groups in total. The van der Waals surface area contributed by atoms with Gasteiger partial charge in [0.2, 0.25) is 19.1 Å². The third kappa shape index (κ3) is 2.11. The van der Waals surface area contributed by atoms with E-state index in [2.05, 4.69) is 0 Å². The van der Waals surface area contributed by atoms with E-state index in [4.69, 9.17) is 0 Å². The van der Waals surface area contributed by atoms with Gasteiger partial charge in [0, 0.05) is 12.2 Å². The van der Waals surface area contributed by atoms with Gasteiger partial charge < -0.3 is 4.81 Å². The van der Waals surface area contributed by atoms with Crippen LogP contribution in [0.1, 0.15) is 0 Å². The third-order valence-corrected chi connectivity index (χ3v) is 1.57. The summed E-state index contributed by atoms with van der Waals surface area (Å²) < 4.78 is 0. The number of rotatable bonds is 3. The predicted octanol–water partition coefficient (Wildman–Crippen LogP) is -0.881. The van der Waals surface area contributed by atoms with Gasteiger partial charge >= 0.3 is 0 Å². The van der Waals surface area contributed by atoms with Gasteiger partial charge in [-0.25, -0.2) is 0 Å². The zero-order chi connectivity index (χ0) is 8.27. The lowest BCUT2D eigenvalue weighted by Crippen LogP contribution is -2.38. The smallest absolute Gasteiger partial charge is 0.240 e. The fraction of sp³-hybridized carbons (Fsp3) is 0. The highest BCUT2D eigenvalue weighted by Gasteiger charge is 2.22. The van der Waals surface area contributed by atoms with Crippen LogP contribution in [0.25, 0.3) is 0 Å². The molecule has 0 unspecified atom stereocenters. The molecule has 3 nitrogen and oxygen atoms in total. The topological polar surface area (TPSA) is 37.4 Å². The normalized spacial score (nSPS) is 15.5. The number of imide groups is 1. The molecule has 2 amide bonds. The minimum atomic E-state index is -0.287. The lowest BCUT2D eigenvalue weighted by atomic mass is 9.32. The number of nitrogens with zero attached hydrogens (tertiary/aromatic N) is 1. The lowest BCUT2D eigenvalue weighted by Gasteiger charge is -2.10. The number of amides is 2. The molecule has 11 heavy (non-hydrogen) atoms. The lowest BCUT2D eigenvalue weighted by molar-refractivity contribution is -0.131. The first-order valence-electron chi connectivity index (χ1n) is 2.91. The molecule has 0 aliphatic carbocycles.